The third-order valence-corrected chi connectivity index (χ3v) is 3.99. The molecule has 2 N–H and O–H groups in total. The predicted molar refractivity (Wildman–Crippen MR) is 96.7 cm³/mol. The van der Waals surface area contributed by atoms with Gasteiger partial charge in [-0.3, -0.25) is 4.79 Å². The fourth-order valence-electron chi connectivity index (χ4n) is 2.75. The maximum atomic E-state index is 12.1. The van der Waals surface area contributed by atoms with Gasteiger partial charge in [0.25, 0.3) is 6.47 Å². The molecule has 1 aliphatic rings. The van der Waals surface area contributed by atoms with Gasteiger partial charge in [-0.2, -0.15) is 0 Å². The summed E-state index contributed by atoms with van der Waals surface area (Å²) in [4.78, 5) is 21.3. The van der Waals surface area contributed by atoms with Gasteiger partial charge in [0.2, 0.25) is 0 Å². The zero-order chi connectivity index (χ0) is 20.0. The molecule has 27 heavy (non-hydrogen) atoms. The van der Waals surface area contributed by atoms with Gasteiger partial charge in [0, 0.05) is 12.1 Å². The molecular formula is C19H23NO7. The number of carbonyl (C=O) groups is 2. The molecule has 8 nitrogen and oxygen atoms in total. The van der Waals surface area contributed by atoms with E-state index in [0.29, 0.717) is 31.1 Å². The summed E-state index contributed by atoms with van der Waals surface area (Å²) in [5.41, 5.74) is 2.00. The molecule has 0 bridgehead atoms. The average Bonchev–Trinajstić information content (AvgIpc) is 3.21. The summed E-state index contributed by atoms with van der Waals surface area (Å²) >= 11 is 0. The van der Waals surface area contributed by atoms with Gasteiger partial charge in [0.1, 0.15) is 5.75 Å². The van der Waals surface area contributed by atoms with Gasteiger partial charge < -0.3 is 29.0 Å². The Labute approximate surface area is 156 Å². The zero-order valence-electron chi connectivity index (χ0n) is 15.5. The van der Waals surface area contributed by atoms with Crippen LogP contribution in [0, 0.1) is 6.92 Å². The van der Waals surface area contributed by atoms with Crippen LogP contribution >= 0.6 is 0 Å². The molecule has 2 heterocycles. The minimum atomic E-state index is -0.680. The smallest absolute Gasteiger partial charge is 0.359 e. The summed E-state index contributed by atoms with van der Waals surface area (Å²) < 4.78 is 16.1. The molecule has 1 aromatic carbocycles. The molecule has 0 unspecified atom stereocenters. The Hall–Kier alpha value is -3.16. The van der Waals surface area contributed by atoms with E-state index in [1.165, 1.54) is 4.57 Å². The van der Waals surface area contributed by atoms with Crippen molar-refractivity contribution < 1.29 is 34.0 Å². The van der Waals surface area contributed by atoms with Gasteiger partial charge in [0.05, 0.1) is 25.5 Å². The number of nitrogens with zero attached hydrogens (tertiary/aromatic N) is 1. The van der Waals surface area contributed by atoms with Gasteiger partial charge in [0.15, 0.2) is 17.2 Å². The Morgan fingerprint density at radius 3 is 2.59 bits per heavy atom. The Kier molecular flexibility index (Phi) is 6.70. The highest BCUT2D eigenvalue weighted by atomic mass is 16.5. The number of fused-ring (bicyclic) bond motifs is 1. The summed E-state index contributed by atoms with van der Waals surface area (Å²) in [6.45, 7) is 6.78. The van der Waals surface area contributed by atoms with E-state index < -0.39 is 11.7 Å². The Balaban J connectivity index is 0.000000465. The minimum absolute atomic E-state index is 0.0734. The Morgan fingerprint density at radius 1 is 1.26 bits per heavy atom. The molecule has 0 aliphatic carbocycles. The summed E-state index contributed by atoms with van der Waals surface area (Å²) in [6.07, 6.45) is 0.788. The van der Waals surface area contributed by atoms with Crippen molar-refractivity contribution >= 4 is 12.4 Å². The van der Waals surface area contributed by atoms with Gasteiger partial charge >= 0.3 is 5.97 Å². The molecule has 1 aliphatic heterocycles. The van der Waals surface area contributed by atoms with Gasteiger partial charge in [-0.15, -0.1) is 0 Å². The van der Waals surface area contributed by atoms with Crippen LogP contribution < -0.4 is 4.74 Å². The van der Waals surface area contributed by atoms with Crippen LogP contribution in [0.15, 0.2) is 18.2 Å². The lowest BCUT2D eigenvalue weighted by Gasteiger charge is -2.12. The van der Waals surface area contributed by atoms with Crippen LogP contribution in [0.3, 0.4) is 0 Å². The molecule has 0 radical (unpaired) electrons. The van der Waals surface area contributed by atoms with E-state index in [1.807, 2.05) is 12.1 Å². The minimum Gasteiger partial charge on any atom is -0.503 e. The maximum Gasteiger partial charge on any atom is 0.359 e. The number of benzene rings is 1. The molecule has 1 aromatic heterocycles. The molecule has 0 atom stereocenters. The average molecular weight is 377 g/mol. The zero-order valence-corrected chi connectivity index (χ0v) is 15.5. The van der Waals surface area contributed by atoms with Gasteiger partial charge in [-0.25, -0.2) is 4.79 Å². The predicted octanol–water partition coefficient (Wildman–Crippen LogP) is 2.49. The van der Waals surface area contributed by atoms with E-state index in [2.05, 4.69) is 4.74 Å². The van der Waals surface area contributed by atoms with Crippen molar-refractivity contribution in [1.82, 2.24) is 4.57 Å². The first-order chi connectivity index (χ1) is 13.0. The fraction of sp³-hybridized carbons (Fsp3) is 0.368. The van der Waals surface area contributed by atoms with Gasteiger partial charge in [-0.1, -0.05) is 0 Å². The highest BCUT2D eigenvalue weighted by Gasteiger charge is 2.27. The van der Waals surface area contributed by atoms with Crippen LogP contribution in [0.2, 0.25) is 0 Å². The first-order valence-corrected chi connectivity index (χ1v) is 8.57. The molecule has 0 fully saturated rings. The summed E-state index contributed by atoms with van der Waals surface area (Å²) in [6, 6.07) is 5.48. The first kappa shape index (κ1) is 20.2. The molecule has 2 aromatic rings. The number of hydrogen-bond donors (Lipinski definition) is 2. The third kappa shape index (κ3) is 4.16. The summed E-state index contributed by atoms with van der Waals surface area (Å²) in [5.74, 6) is -0.646. The van der Waals surface area contributed by atoms with Crippen molar-refractivity contribution in [1.29, 1.82) is 0 Å². The maximum absolute atomic E-state index is 12.1. The number of rotatable bonds is 5. The number of carbonyl (C=O) groups excluding carboxylic acids is 2. The molecule has 0 spiro atoms. The first-order valence-electron chi connectivity index (χ1n) is 8.57. The molecule has 146 valence electrons. The number of esters is 1. The largest absolute Gasteiger partial charge is 0.503 e. The van der Waals surface area contributed by atoms with E-state index in [9.17, 15) is 19.8 Å². The number of ether oxygens (including phenoxy) is 3. The standard InChI is InChI=1S/C16H17NO5.C3H6O2/c1-3-21-16(20)13-15(19)14(18)9(2)17(13)11-4-5-12-10(8-11)6-7-22-12;1-2-5-3-4/h4-5,8,18-19H,3,6-7H2,1-2H3;3H,2H2,1H3. The second-order valence-electron chi connectivity index (χ2n) is 5.63. The molecule has 3 rings (SSSR count). The van der Waals surface area contributed by atoms with E-state index >= 15 is 0 Å². The van der Waals surface area contributed by atoms with Crippen molar-refractivity contribution in [3.05, 3.63) is 35.2 Å². The van der Waals surface area contributed by atoms with Crippen LogP contribution in [-0.4, -0.2) is 47.0 Å². The van der Waals surface area contributed by atoms with Crippen LogP contribution in [0.5, 0.6) is 17.2 Å². The summed E-state index contributed by atoms with van der Waals surface area (Å²) in [5, 5.41) is 20.0. The normalized spacial score (nSPS) is 11.7. The lowest BCUT2D eigenvalue weighted by atomic mass is 10.1. The molecule has 8 heteroatoms. The van der Waals surface area contributed by atoms with Crippen molar-refractivity contribution in [3.63, 3.8) is 0 Å². The lowest BCUT2D eigenvalue weighted by molar-refractivity contribution is -0.128. The lowest BCUT2D eigenvalue weighted by Crippen LogP contribution is -2.12. The van der Waals surface area contributed by atoms with E-state index in [1.54, 1.807) is 26.8 Å². The highest BCUT2D eigenvalue weighted by Crippen LogP contribution is 2.39. The van der Waals surface area contributed by atoms with Crippen molar-refractivity contribution in [2.24, 2.45) is 0 Å². The Bertz CT molecular complexity index is 826. The van der Waals surface area contributed by atoms with Gasteiger partial charge in [-0.05, 0) is 44.5 Å². The van der Waals surface area contributed by atoms with Crippen molar-refractivity contribution in [2.75, 3.05) is 19.8 Å². The SMILES string of the molecule is CCOC(=O)c1c(O)c(O)c(C)n1-c1ccc2c(c1)CCO2.CCOC=O. The third-order valence-electron chi connectivity index (χ3n) is 3.99. The van der Waals surface area contributed by atoms with E-state index in [-0.39, 0.29) is 18.1 Å². The fourth-order valence-corrected chi connectivity index (χ4v) is 2.75. The highest BCUT2D eigenvalue weighted by molar-refractivity contribution is 5.93. The van der Waals surface area contributed by atoms with Crippen LogP contribution in [0.4, 0.5) is 0 Å². The van der Waals surface area contributed by atoms with E-state index in [0.717, 1.165) is 17.7 Å². The topological polar surface area (TPSA) is 107 Å². The van der Waals surface area contributed by atoms with Crippen LogP contribution in [0.25, 0.3) is 5.69 Å². The molecule has 0 saturated heterocycles. The number of aromatic hydroxyl groups is 2. The Morgan fingerprint density at radius 2 is 2.00 bits per heavy atom. The quantitative estimate of drug-likeness (QED) is 0.609. The second-order valence-corrected chi connectivity index (χ2v) is 5.63. The molecular weight excluding hydrogens is 354 g/mol. The summed E-state index contributed by atoms with van der Waals surface area (Å²) in [7, 11) is 0. The van der Waals surface area contributed by atoms with E-state index in [4.69, 9.17) is 9.47 Å². The monoisotopic (exact) mass is 377 g/mol. The number of hydrogen-bond acceptors (Lipinski definition) is 7. The van der Waals surface area contributed by atoms with Crippen molar-refractivity contribution in [2.45, 2.75) is 27.2 Å². The number of aromatic nitrogens is 1. The molecule has 0 saturated carbocycles. The second kappa shape index (κ2) is 8.98. The van der Waals surface area contributed by atoms with Crippen LogP contribution in [0.1, 0.15) is 35.6 Å². The molecule has 0 amide bonds. The van der Waals surface area contributed by atoms with Crippen molar-refractivity contribution in [3.8, 4) is 22.9 Å². The van der Waals surface area contributed by atoms with Crippen LogP contribution in [-0.2, 0) is 20.7 Å².